The first kappa shape index (κ1) is 75.1. The molecule has 19 heteroatoms. The maximum absolute atomic E-state index is 12.9. The molecule has 0 aromatic carbocycles. The highest BCUT2D eigenvalue weighted by Gasteiger charge is 2.30. The van der Waals surface area contributed by atoms with Crippen molar-refractivity contribution in [1.29, 1.82) is 0 Å². The number of hydrogen-bond acceptors (Lipinski definition) is 15. The first-order valence-corrected chi connectivity index (χ1v) is 33.6. The van der Waals surface area contributed by atoms with Crippen molar-refractivity contribution in [3.63, 3.8) is 0 Å². The molecule has 0 saturated heterocycles. The summed E-state index contributed by atoms with van der Waals surface area (Å²) in [6.45, 7) is 7.05. The van der Waals surface area contributed by atoms with Gasteiger partial charge in [-0.2, -0.15) is 0 Å². The van der Waals surface area contributed by atoms with Crippen LogP contribution in [-0.4, -0.2) is 96.7 Å². The van der Waals surface area contributed by atoms with E-state index in [2.05, 4.69) is 34.6 Å². The molecule has 0 aliphatic heterocycles. The lowest BCUT2D eigenvalue weighted by Gasteiger charge is -2.21. The second-order valence-electron chi connectivity index (χ2n) is 21.5. The molecule has 0 heterocycles. The molecule has 0 aliphatic carbocycles. The molecule has 5 atom stereocenters. The monoisotopic (exact) mass is 1140 g/mol. The number of rotatable bonds is 58. The summed E-state index contributed by atoms with van der Waals surface area (Å²) in [5.41, 5.74) is 0. The van der Waals surface area contributed by atoms with Crippen molar-refractivity contribution in [3.8, 4) is 0 Å². The highest BCUT2D eigenvalue weighted by atomic mass is 31.2. The van der Waals surface area contributed by atoms with Gasteiger partial charge in [0, 0.05) is 25.7 Å². The molecule has 0 fully saturated rings. The molecule has 456 valence electrons. The van der Waals surface area contributed by atoms with Crippen LogP contribution in [0, 0.1) is 5.92 Å². The molecule has 0 spiro atoms. The molecule has 0 bridgehead atoms. The van der Waals surface area contributed by atoms with E-state index in [1.807, 2.05) is 0 Å². The minimum Gasteiger partial charge on any atom is -0.462 e. The van der Waals surface area contributed by atoms with Gasteiger partial charge >= 0.3 is 39.5 Å². The van der Waals surface area contributed by atoms with Crippen LogP contribution in [0.4, 0.5) is 0 Å². The van der Waals surface area contributed by atoms with E-state index in [1.54, 1.807) is 0 Å². The molecule has 0 aromatic rings. The predicted octanol–water partition coefficient (Wildman–Crippen LogP) is 15.5. The summed E-state index contributed by atoms with van der Waals surface area (Å²) in [5, 5.41) is 10.5. The van der Waals surface area contributed by atoms with Gasteiger partial charge in [0.05, 0.1) is 26.4 Å². The first-order chi connectivity index (χ1) is 37.0. The largest absolute Gasteiger partial charge is 0.472 e. The number of unbranched alkanes of at least 4 members (excludes halogenated alkanes) is 30. The number of carbonyl (C=O) groups is 4. The molecule has 77 heavy (non-hydrogen) atoms. The summed E-state index contributed by atoms with van der Waals surface area (Å²) < 4.78 is 67.5. The van der Waals surface area contributed by atoms with Crippen molar-refractivity contribution in [2.24, 2.45) is 5.92 Å². The lowest BCUT2D eigenvalue weighted by molar-refractivity contribution is -0.161. The van der Waals surface area contributed by atoms with Gasteiger partial charge in [-0.1, -0.05) is 234 Å². The van der Waals surface area contributed by atoms with E-state index in [0.717, 1.165) is 121 Å². The van der Waals surface area contributed by atoms with E-state index < -0.39 is 97.5 Å². The van der Waals surface area contributed by atoms with Crippen LogP contribution in [0.3, 0.4) is 0 Å². The normalized spacial score (nSPS) is 14.4. The SMILES string of the molecule is CCCCCCCCCCC(=O)OC[C@H](COP(=O)(O)OC[C@@H](O)COP(=O)(O)OC[C@@H](COC(=O)CCCCCCCCC)OC(=O)CCCCCCCCCC)OC(=O)CCCCCCCCCCCCCC(C)C. The summed E-state index contributed by atoms with van der Waals surface area (Å²) in [6, 6.07) is 0. The number of ether oxygens (including phenoxy) is 4. The third-order valence-corrected chi connectivity index (χ3v) is 15.2. The van der Waals surface area contributed by atoms with E-state index in [-0.39, 0.29) is 25.7 Å². The zero-order valence-corrected chi connectivity index (χ0v) is 50.9. The smallest absolute Gasteiger partial charge is 0.462 e. The Kier molecular flexibility index (Phi) is 50.8. The van der Waals surface area contributed by atoms with Crippen LogP contribution in [0.2, 0.25) is 0 Å². The number of phosphoric acid groups is 2. The molecule has 0 radical (unpaired) electrons. The third kappa shape index (κ3) is 53.2. The Morgan fingerprint density at radius 3 is 0.883 bits per heavy atom. The highest BCUT2D eigenvalue weighted by Crippen LogP contribution is 2.45. The minimum absolute atomic E-state index is 0.104. The second kappa shape index (κ2) is 52.2. The average molecular weight is 1140 g/mol. The Labute approximate surface area is 467 Å². The quantitative estimate of drug-likeness (QED) is 0.0222. The topological polar surface area (TPSA) is 237 Å². The van der Waals surface area contributed by atoms with Gasteiger partial charge in [0.15, 0.2) is 12.2 Å². The molecular weight excluding hydrogens is 1030 g/mol. The Morgan fingerprint density at radius 2 is 0.597 bits per heavy atom. The highest BCUT2D eigenvalue weighted by molar-refractivity contribution is 7.47. The van der Waals surface area contributed by atoms with Crippen LogP contribution in [0.15, 0.2) is 0 Å². The van der Waals surface area contributed by atoms with Crippen molar-refractivity contribution in [2.45, 2.75) is 303 Å². The minimum atomic E-state index is -4.93. The van der Waals surface area contributed by atoms with Gasteiger partial charge in [-0.25, -0.2) is 9.13 Å². The lowest BCUT2D eigenvalue weighted by Crippen LogP contribution is -2.30. The molecule has 2 unspecified atom stereocenters. The van der Waals surface area contributed by atoms with Crippen molar-refractivity contribution in [3.05, 3.63) is 0 Å². The molecule has 0 aromatic heterocycles. The zero-order chi connectivity index (χ0) is 57.1. The molecule has 17 nitrogen and oxygen atoms in total. The van der Waals surface area contributed by atoms with Gasteiger partial charge in [-0.05, 0) is 31.6 Å². The fourth-order valence-corrected chi connectivity index (χ4v) is 10.1. The maximum atomic E-state index is 12.9. The van der Waals surface area contributed by atoms with Gasteiger partial charge in [-0.3, -0.25) is 37.3 Å². The van der Waals surface area contributed by atoms with Crippen LogP contribution < -0.4 is 0 Å². The molecule has 0 rings (SSSR count). The zero-order valence-electron chi connectivity index (χ0n) is 49.1. The fraction of sp³-hybridized carbons (Fsp3) is 0.931. The number of carbonyl (C=O) groups excluding carboxylic acids is 4. The van der Waals surface area contributed by atoms with E-state index >= 15 is 0 Å². The summed E-state index contributed by atoms with van der Waals surface area (Å²) >= 11 is 0. The Bertz CT molecular complexity index is 1520. The average Bonchev–Trinajstić information content (AvgIpc) is 3.39. The number of aliphatic hydroxyl groups is 1. The van der Waals surface area contributed by atoms with Crippen LogP contribution in [0.25, 0.3) is 0 Å². The second-order valence-corrected chi connectivity index (χ2v) is 24.4. The van der Waals surface area contributed by atoms with Crippen molar-refractivity contribution in [2.75, 3.05) is 39.6 Å². The van der Waals surface area contributed by atoms with E-state index in [4.69, 9.17) is 37.0 Å². The van der Waals surface area contributed by atoms with E-state index in [9.17, 15) is 43.2 Å². The van der Waals surface area contributed by atoms with Gasteiger partial charge in [0.1, 0.15) is 19.3 Å². The number of hydrogen-bond donors (Lipinski definition) is 3. The van der Waals surface area contributed by atoms with Crippen LogP contribution in [0.1, 0.15) is 285 Å². The van der Waals surface area contributed by atoms with E-state index in [0.29, 0.717) is 25.7 Å². The van der Waals surface area contributed by atoms with E-state index in [1.165, 1.54) is 83.5 Å². The van der Waals surface area contributed by atoms with Gasteiger partial charge < -0.3 is 33.8 Å². The van der Waals surface area contributed by atoms with Crippen LogP contribution in [-0.2, 0) is 65.4 Å². The summed E-state index contributed by atoms with van der Waals surface area (Å²) in [4.78, 5) is 71.7. The summed E-state index contributed by atoms with van der Waals surface area (Å²) in [6.07, 6.45) is 33.6. The summed E-state index contributed by atoms with van der Waals surface area (Å²) in [7, 11) is -9.86. The predicted molar refractivity (Wildman–Crippen MR) is 303 cm³/mol. The molecule has 0 aliphatic rings. The van der Waals surface area contributed by atoms with Crippen molar-refractivity contribution >= 4 is 39.5 Å². The fourth-order valence-electron chi connectivity index (χ4n) is 8.52. The molecule has 3 N–H and O–H groups in total. The lowest BCUT2D eigenvalue weighted by atomic mass is 10.0. The number of aliphatic hydroxyl groups excluding tert-OH is 1. The van der Waals surface area contributed by atoms with Crippen LogP contribution >= 0.6 is 15.6 Å². The molecule has 0 saturated carbocycles. The Morgan fingerprint density at radius 1 is 0.351 bits per heavy atom. The third-order valence-electron chi connectivity index (χ3n) is 13.3. The number of esters is 4. The van der Waals surface area contributed by atoms with Gasteiger partial charge in [0.2, 0.25) is 0 Å². The first-order valence-electron chi connectivity index (χ1n) is 30.6. The summed E-state index contributed by atoms with van der Waals surface area (Å²) in [5.74, 6) is -1.38. The Balaban J connectivity index is 5.17. The molecule has 0 amide bonds. The number of phosphoric ester groups is 2. The Hall–Kier alpha value is -1.94. The van der Waals surface area contributed by atoms with Crippen molar-refractivity contribution in [1.82, 2.24) is 0 Å². The van der Waals surface area contributed by atoms with Crippen molar-refractivity contribution < 1.29 is 80.2 Å². The maximum Gasteiger partial charge on any atom is 0.472 e. The standard InChI is InChI=1S/C58H112O17P2/c1-6-9-12-15-18-27-32-37-42-56(61)69-48-54(75-58(63)44-39-34-29-24-22-20-21-23-26-30-35-40-51(4)5)50-73-77(66,67)71-46-52(59)45-70-76(64,65)72-49-53(47-68-55(60)41-36-31-25-17-14-11-8-3)74-57(62)43-38-33-28-19-16-13-10-7-2/h51-54,59H,6-50H2,1-5H3,(H,64,65)(H,66,67)/t52-,53+,54+/m0/s1. The van der Waals surface area contributed by atoms with Gasteiger partial charge in [-0.15, -0.1) is 0 Å². The van der Waals surface area contributed by atoms with Crippen LogP contribution in [0.5, 0.6) is 0 Å². The molecular formula is C58H112O17P2. The van der Waals surface area contributed by atoms with Gasteiger partial charge in [0.25, 0.3) is 0 Å².